The monoisotopic (exact) mass is 930 g/mol. The molecule has 0 saturated carbocycles. The second-order valence-corrected chi connectivity index (χ2v) is 22.5. The zero-order chi connectivity index (χ0) is 47.1. The van der Waals surface area contributed by atoms with Crippen molar-refractivity contribution in [2.75, 3.05) is 40.9 Å². The number of aliphatic hydroxyl groups is 1. The molecule has 0 heterocycles. The van der Waals surface area contributed by atoms with E-state index < -0.39 is 20.0 Å². The predicted octanol–water partition coefficient (Wildman–Crippen LogP) is 16.9. The molecule has 64 heavy (non-hydrogen) atoms. The molecule has 0 saturated heterocycles. The molecule has 0 aromatic rings. The average molecular weight is 930 g/mol. The van der Waals surface area contributed by atoms with Gasteiger partial charge in [-0.3, -0.25) is 13.8 Å². The first kappa shape index (κ1) is 63.5. The number of hydrogen-bond donors (Lipinski definition) is 3. The minimum atomic E-state index is -4.31. The van der Waals surface area contributed by atoms with Gasteiger partial charge in [-0.25, -0.2) is 4.57 Å². The summed E-state index contributed by atoms with van der Waals surface area (Å²) in [4.78, 5) is 23.2. The molecule has 1 amide bonds. The van der Waals surface area contributed by atoms with Crippen LogP contribution in [0.25, 0.3) is 0 Å². The van der Waals surface area contributed by atoms with Gasteiger partial charge in [-0.05, 0) is 12.8 Å². The van der Waals surface area contributed by atoms with Crippen molar-refractivity contribution in [1.29, 1.82) is 0 Å². The third-order valence-corrected chi connectivity index (χ3v) is 14.3. The lowest BCUT2D eigenvalue weighted by molar-refractivity contribution is -0.870. The van der Waals surface area contributed by atoms with E-state index in [0.29, 0.717) is 23.9 Å². The summed E-state index contributed by atoms with van der Waals surface area (Å²) in [6.45, 7) is 4.91. The fraction of sp³-hybridized carbons (Fsp3) is 0.982. The number of nitrogens with zero attached hydrogens (tertiary/aromatic N) is 1. The number of rotatable bonds is 53. The van der Waals surface area contributed by atoms with Crippen molar-refractivity contribution in [3.63, 3.8) is 0 Å². The fourth-order valence-electron chi connectivity index (χ4n) is 8.87. The van der Waals surface area contributed by atoms with Crippen LogP contribution in [0.5, 0.6) is 0 Å². The molecule has 0 aliphatic rings. The summed E-state index contributed by atoms with van der Waals surface area (Å²) in [5, 5.41) is 14.0. The SMILES string of the molecule is CCCCCCCCCCCCCCCCCCCCCCCCCCCCCCCCCCC(=O)NC(COP(=O)(O)OCC[N+](C)(C)C)C(O)CCCCCCCCCCCC. The van der Waals surface area contributed by atoms with Crippen LogP contribution in [-0.2, 0) is 18.4 Å². The maximum Gasteiger partial charge on any atom is 0.472 e. The maximum atomic E-state index is 12.9. The van der Waals surface area contributed by atoms with Gasteiger partial charge >= 0.3 is 7.82 Å². The zero-order valence-corrected chi connectivity index (χ0v) is 44.7. The number of hydrogen-bond acceptors (Lipinski definition) is 5. The number of unbranched alkanes of at least 4 members (excludes halogenated alkanes) is 40. The topological polar surface area (TPSA) is 105 Å². The summed E-state index contributed by atoms with van der Waals surface area (Å²) in [6, 6.07) is -0.753. The van der Waals surface area contributed by atoms with E-state index in [2.05, 4.69) is 19.2 Å². The van der Waals surface area contributed by atoms with E-state index in [0.717, 1.165) is 38.5 Å². The van der Waals surface area contributed by atoms with E-state index >= 15 is 0 Å². The van der Waals surface area contributed by atoms with Gasteiger partial charge in [0.1, 0.15) is 13.2 Å². The van der Waals surface area contributed by atoms with Crippen LogP contribution in [0, 0.1) is 0 Å². The molecule has 0 aromatic carbocycles. The summed E-state index contributed by atoms with van der Waals surface area (Å²) in [5.74, 6) is -0.139. The van der Waals surface area contributed by atoms with E-state index in [1.807, 2.05) is 21.1 Å². The molecule has 0 fully saturated rings. The van der Waals surface area contributed by atoms with E-state index in [9.17, 15) is 19.4 Å². The third kappa shape index (κ3) is 49.4. The molecule has 0 radical (unpaired) electrons. The Bertz CT molecular complexity index is 1010. The molecule has 8 nitrogen and oxygen atoms in total. The van der Waals surface area contributed by atoms with Gasteiger partial charge in [0.25, 0.3) is 0 Å². The van der Waals surface area contributed by atoms with Crippen molar-refractivity contribution in [2.24, 2.45) is 0 Å². The van der Waals surface area contributed by atoms with Crippen LogP contribution in [-0.4, -0.2) is 73.4 Å². The van der Waals surface area contributed by atoms with E-state index in [-0.39, 0.29) is 19.1 Å². The molecule has 384 valence electrons. The molecular weight excluding hydrogens is 816 g/mol. The molecule has 0 aromatic heterocycles. The molecule has 0 aliphatic carbocycles. The van der Waals surface area contributed by atoms with Crippen LogP contribution in [0.4, 0.5) is 0 Å². The molecule has 3 unspecified atom stereocenters. The number of quaternary nitrogens is 1. The highest BCUT2D eigenvalue weighted by Gasteiger charge is 2.28. The van der Waals surface area contributed by atoms with Gasteiger partial charge in [-0.15, -0.1) is 0 Å². The van der Waals surface area contributed by atoms with Crippen molar-refractivity contribution in [2.45, 2.75) is 309 Å². The van der Waals surface area contributed by atoms with Gasteiger partial charge in [0, 0.05) is 6.42 Å². The Morgan fingerprint density at radius 2 is 0.750 bits per heavy atom. The molecule has 3 N–H and O–H groups in total. The van der Waals surface area contributed by atoms with Crippen molar-refractivity contribution in [3.05, 3.63) is 0 Å². The van der Waals surface area contributed by atoms with E-state index in [4.69, 9.17) is 9.05 Å². The van der Waals surface area contributed by atoms with Crippen LogP contribution in [0.15, 0.2) is 0 Å². The Labute approximate surface area is 399 Å². The Morgan fingerprint density at radius 1 is 0.469 bits per heavy atom. The quantitative estimate of drug-likeness (QED) is 0.0319. The molecular formula is C55H114N2O6P+. The normalized spacial score (nSPS) is 13.9. The van der Waals surface area contributed by atoms with Gasteiger partial charge in [0.2, 0.25) is 5.91 Å². The Hall–Kier alpha value is -0.500. The summed E-state index contributed by atoms with van der Waals surface area (Å²) in [5.41, 5.74) is 0. The number of phosphoric ester groups is 1. The summed E-state index contributed by atoms with van der Waals surface area (Å²) >= 11 is 0. The van der Waals surface area contributed by atoms with E-state index in [1.165, 1.54) is 231 Å². The lowest BCUT2D eigenvalue weighted by Gasteiger charge is -2.26. The van der Waals surface area contributed by atoms with Gasteiger partial charge in [-0.1, -0.05) is 277 Å². The molecule has 0 bridgehead atoms. The number of likely N-dealkylation sites (N-methyl/N-ethyl adjacent to an activating group) is 1. The van der Waals surface area contributed by atoms with Crippen molar-refractivity contribution >= 4 is 13.7 Å². The maximum absolute atomic E-state index is 12.9. The Morgan fingerprint density at radius 3 is 1.05 bits per heavy atom. The summed E-state index contributed by atoms with van der Waals surface area (Å²) in [6.07, 6.45) is 56.1. The molecule has 0 aliphatic heterocycles. The number of amides is 1. The molecule has 9 heteroatoms. The number of carbonyl (C=O) groups excluding carboxylic acids is 1. The summed E-state index contributed by atoms with van der Waals surface area (Å²) in [7, 11) is 1.63. The van der Waals surface area contributed by atoms with Gasteiger partial charge in [0.15, 0.2) is 0 Å². The first-order valence-electron chi connectivity index (χ1n) is 28.4. The highest BCUT2D eigenvalue weighted by atomic mass is 31.2. The van der Waals surface area contributed by atoms with Gasteiger partial charge in [-0.2, -0.15) is 0 Å². The smallest absolute Gasteiger partial charge is 0.391 e. The standard InChI is InChI=1S/C55H113N2O6P/c1-6-8-10-12-14-16-18-19-20-21-22-23-24-25-26-27-28-29-30-31-32-33-34-35-36-37-38-39-41-43-45-47-49-55(59)56-53(52-63-64(60,61)62-51-50-57(3,4)5)54(58)48-46-44-42-40-17-15-13-11-9-7-2/h53-54,58H,6-52H2,1-5H3,(H-,56,59,60,61)/p+1. The minimum Gasteiger partial charge on any atom is -0.391 e. The van der Waals surface area contributed by atoms with Crippen LogP contribution >= 0.6 is 7.82 Å². The molecule has 3 atom stereocenters. The highest BCUT2D eigenvalue weighted by Crippen LogP contribution is 2.43. The number of nitrogens with one attached hydrogen (secondary N) is 1. The van der Waals surface area contributed by atoms with E-state index in [1.54, 1.807) is 0 Å². The minimum absolute atomic E-state index is 0.0785. The number of carbonyl (C=O) groups is 1. The average Bonchev–Trinajstić information content (AvgIpc) is 3.25. The van der Waals surface area contributed by atoms with Crippen LogP contribution in [0.1, 0.15) is 296 Å². The zero-order valence-electron chi connectivity index (χ0n) is 43.8. The lowest BCUT2D eigenvalue weighted by atomic mass is 10.0. The van der Waals surface area contributed by atoms with Crippen LogP contribution in [0.3, 0.4) is 0 Å². The Balaban J connectivity index is 3.87. The number of aliphatic hydroxyl groups excluding tert-OH is 1. The van der Waals surface area contributed by atoms with Gasteiger partial charge in [0.05, 0.1) is 39.9 Å². The molecule has 0 rings (SSSR count). The fourth-order valence-corrected chi connectivity index (χ4v) is 9.61. The highest BCUT2D eigenvalue weighted by molar-refractivity contribution is 7.47. The van der Waals surface area contributed by atoms with Crippen molar-refractivity contribution in [1.82, 2.24) is 5.32 Å². The Kier molecular flexibility index (Phi) is 47.2. The third-order valence-electron chi connectivity index (χ3n) is 13.4. The van der Waals surface area contributed by atoms with Crippen molar-refractivity contribution < 1.29 is 32.9 Å². The molecule has 0 spiro atoms. The second-order valence-electron chi connectivity index (χ2n) is 21.0. The largest absolute Gasteiger partial charge is 0.472 e. The first-order chi connectivity index (χ1) is 31.0. The number of phosphoric acid groups is 1. The summed E-state index contributed by atoms with van der Waals surface area (Å²) < 4.78 is 23.7. The second kappa shape index (κ2) is 47.6. The lowest BCUT2D eigenvalue weighted by Crippen LogP contribution is -2.46. The first-order valence-corrected chi connectivity index (χ1v) is 29.9. The van der Waals surface area contributed by atoms with Gasteiger partial charge < -0.3 is 19.8 Å². The van der Waals surface area contributed by atoms with Crippen molar-refractivity contribution in [3.8, 4) is 0 Å². The van der Waals surface area contributed by atoms with Crippen LogP contribution < -0.4 is 5.32 Å². The van der Waals surface area contributed by atoms with Crippen LogP contribution in [0.2, 0.25) is 0 Å². The predicted molar refractivity (Wildman–Crippen MR) is 277 cm³/mol.